The van der Waals surface area contributed by atoms with E-state index in [-0.39, 0.29) is 5.56 Å². The Morgan fingerprint density at radius 1 is 1.06 bits per heavy atom. The van der Waals surface area contributed by atoms with E-state index in [1.165, 1.54) is 0 Å². The standard InChI is InChI=1S/C23H20Cl2N4O2/c1-3-29-21-14(12-17(22(29)30)20-18(24)6-5-7-19(20)25)13-26-23(28-21)27-15-8-10-16(11-9-15)31-4-2/h5-13H,3-4H2,1-2H3,(H,26,27,28). The van der Waals surface area contributed by atoms with Gasteiger partial charge in [-0.15, -0.1) is 0 Å². The number of benzene rings is 2. The van der Waals surface area contributed by atoms with Gasteiger partial charge in [-0.2, -0.15) is 4.98 Å². The first kappa shape index (κ1) is 21.2. The molecule has 2 aromatic heterocycles. The normalized spacial score (nSPS) is 11.0. The molecule has 0 unspecified atom stereocenters. The lowest BCUT2D eigenvalue weighted by Gasteiger charge is -2.13. The van der Waals surface area contributed by atoms with Crippen LogP contribution in [0.1, 0.15) is 13.8 Å². The molecule has 2 heterocycles. The molecule has 6 nitrogen and oxygen atoms in total. The Labute approximate surface area is 189 Å². The van der Waals surface area contributed by atoms with Crippen molar-refractivity contribution in [2.75, 3.05) is 11.9 Å². The second-order valence-electron chi connectivity index (χ2n) is 6.76. The molecule has 2 aromatic carbocycles. The molecule has 0 aliphatic carbocycles. The first-order valence-corrected chi connectivity index (χ1v) is 10.6. The average Bonchev–Trinajstić information content (AvgIpc) is 2.76. The summed E-state index contributed by atoms with van der Waals surface area (Å²) in [5.41, 5.74) is 2.06. The minimum absolute atomic E-state index is 0.212. The van der Waals surface area contributed by atoms with Crippen LogP contribution in [0.3, 0.4) is 0 Å². The first-order valence-electron chi connectivity index (χ1n) is 9.86. The van der Waals surface area contributed by atoms with Crippen LogP contribution in [0.25, 0.3) is 22.2 Å². The fourth-order valence-corrected chi connectivity index (χ4v) is 3.98. The zero-order valence-corrected chi connectivity index (χ0v) is 18.5. The van der Waals surface area contributed by atoms with E-state index in [0.717, 1.165) is 11.4 Å². The summed E-state index contributed by atoms with van der Waals surface area (Å²) in [5.74, 6) is 1.18. The molecule has 0 radical (unpaired) electrons. The third-order valence-electron chi connectivity index (χ3n) is 4.80. The number of nitrogens with one attached hydrogen (secondary N) is 1. The van der Waals surface area contributed by atoms with Gasteiger partial charge in [-0.3, -0.25) is 9.36 Å². The Kier molecular flexibility index (Phi) is 6.11. The lowest BCUT2D eigenvalue weighted by atomic mass is 10.1. The van der Waals surface area contributed by atoms with Gasteiger partial charge in [0.15, 0.2) is 0 Å². The number of rotatable bonds is 6. The predicted molar refractivity (Wildman–Crippen MR) is 126 cm³/mol. The highest BCUT2D eigenvalue weighted by Gasteiger charge is 2.17. The summed E-state index contributed by atoms with van der Waals surface area (Å²) in [6.45, 7) is 4.87. The van der Waals surface area contributed by atoms with Crippen LogP contribution in [-0.2, 0) is 6.54 Å². The van der Waals surface area contributed by atoms with Crippen LogP contribution in [0.15, 0.2) is 59.5 Å². The van der Waals surface area contributed by atoms with E-state index in [9.17, 15) is 4.79 Å². The van der Waals surface area contributed by atoms with Gasteiger partial charge < -0.3 is 10.1 Å². The van der Waals surface area contributed by atoms with Gasteiger partial charge >= 0.3 is 0 Å². The van der Waals surface area contributed by atoms with Crippen LogP contribution in [0.4, 0.5) is 11.6 Å². The van der Waals surface area contributed by atoms with Gasteiger partial charge in [-0.25, -0.2) is 4.98 Å². The third kappa shape index (κ3) is 4.22. The predicted octanol–water partition coefficient (Wildman–Crippen LogP) is 5.93. The largest absolute Gasteiger partial charge is 0.494 e. The molecule has 4 rings (SSSR count). The van der Waals surface area contributed by atoms with Crippen molar-refractivity contribution in [1.82, 2.24) is 14.5 Å². The van der Waals surface area contributed by atoms with Crippen molar-refractivity contribution < 1.29 is 4.74 Å². The quantitative estimate of drug-likeness (QED) is 0.391. The number of halogens is 2. The Morgan fingerprint density at radius 2 is 1.77 bits per heavy atom. The number of hydrogen-bond donors (Lipinski definition) is 1. The second kappa shape index (κ2) is 8.96. The van der Waals surface area contributed by atoms with E-state index in [4.69, 9.17) is 27.9 Å². The summed E-state index contributed by atoms with van der Waals surface area (Å²) in [5, 5.41) is 4.71. The summed E-state index contributed by atoms with van der Waals surface area (Å²) in [7, 11) is 0. The van der Waals surface area contributed by atoms with Gasteiger partial charge in [0, 0.05) is 29.4 Å². The number of ether oxygens (including phenoxy) is 1. The summed E-state index contributed by atoms with van der Waals surface area (Å²) in [6.07, 6.45) is 1.68. The van der Waals surface area contributed by atoms with Crippen molar-refractivity contribution >= 4 is 45.9 Å². The van der Waals surface area contributed by atoms with Crippen LogP contribution in [-0.4, -0.2) is 21.1 Å². The topological polar surface area (TPSA) is 69.0 Å². The highest BCUT2D eigenvalue weighted by atomic mass is 35.5. The SMILES string of the molecule is CCOc1ccc(Nc2ncc3cc(-c4c(Cl)cccc4Cl)c(=O)n(CC)c3n2)cc1. The van der Waals surface area contributed by atoms with Gasteiger partial charge in [0.1, 0.15) is 11.4 Å². The van der Waals surface area contributed by atoms with Crippen molar-refractivity contribution in [2.45, 2.75) is 20.4 Å². The molecule has 0 aliphatic rings. The summed E-state index contributed by atoms with van der Waals surface area (Å²) in [6, 6.07) is 14.4. The molecule has 0 bridgehead atoms. The fraction of sp³-hybridized carbons (Fsp3) is 0.174. The number of pyridine rings is 1. The monoisotopic (exact) mass is 454 g/mol. The van der Waals surface area contributed by atoms with Crippen LogP contribution in [0.2, 0.25) is 10.0 Å². The molecule has 31 heavy (non-hydrogen) atoms. The number of aromatic nitrogens is 3. The van der Waals surface area contributed by atoms with E-state index in [2.05, 4.69) is 15.3 Å². The van der Waals surface area contributed by atoms with E-state index in [0.29, 0.717) is 51.3 Å². The molecule has 0 fully saturated rings. The molecule has 0 saturated heterocycles. The second-order valence-corrected chi connectivity index (χ2v) is 7.57. The van der Waals surface area contributed by atoms with Gasteiger partial charge in [-0.05, 0) is 56.3 Å². The number of fused-ring (bicyclic) bond motifs is 1. The Bertz CT molecular complexity index is 1280. The highest BCUT2D eigenvalue weighted by Crippen LogP contribution is 2.34. The molecule has 0 saturated carbocycles. The van der Waals surface area contributed by atoms with Crippen molar-refractivity contribution in [3.8, 4) is 16.9 Å². The van der Waals surface area contributed by atoms with Crippen LogP contribution in [0, 0.1) is 0 Å². The highest BCUT2D eigenvalue weighted by molar-refractivity contribution is 6.39. The number of nitrogens with zero attached hydrogens (tertiary/aromatic N) is 3. The molecule has 0 aliphatic heterocycles. The lowest BCUT2D eigenvalue weighted by Crippen LogP contribution is -2.22. The lowest BCUT2D eigenvalue weighted by molar-refractivity contribution is 0.340. The zero-order valence-electron chi connectivity index (χ0n) is 17.0. The van der Waals surface area contributed by atoms with E-state index in [1.807, 2.05) is 38.1 Å². The molecule has 4 aromatic rings. The Balaban J connectivity index is 1.77. The maximum absolute atomic E-state index is 13.2. The smallest absolute Gasteiger partial charge is 0.260 e. The van der Waals surface area contributed by atoms with Crippen LogP contribution < -0.4 is 15.6 Å². The van der Waals surface area contributed by atoms with Crippen molar-refractivity contribution in [3.05, 3.63) is 75.1 Å². The molecule has 0 amide bonds. The Hall–Kier alpha value is -3.09. The van der Waals surface area contributed by atoms with Gasteiger partial charge in [0.05, 0.1) is 22.2 Å². The summed E-state index contributed by atoms with van der Waals surface area (Å²) in [4.78, 5) is 22.2. The molecule has 8 heteroatoms. The zero-order chi connectivity index (χ0) is 22.0. The van der Waals surface area contributed by atoms with Crippen molar-refractivity contribution in [1.29, 1.82) is 0 Å². The van der Waals surface area contributed by atoms with Crippen molar-refractivity contribution in [2.24, 2.45) is 0 Å². The molecule has 1 N–H and O–H groups in total. The van der Waals surface area contributed by atoms with Gasteiger partial charge in [0.25, 0.3) is 5.56 Å². The van der Waals surface area contributed by atoms with Crippen LogP contribution in [0.5, 0.6) is 5.75 Å². The summed E-state index contributed by atoms with van der Waals surface area (Å²) < 4.78 is 7.05. The van der Waals surface area contributed by atoms with Gasteiger partial charge in [-0.1, -0.05) is 29.3 Å². The number of aryl methyl sites for hydroxylation is 1. The molecular formula is C23H20Cl2N4O2. The summed E-state index contributed by atoms with van der Waals surface area (Å²) >= 11 is 12.7. The minimum Gasteiger partial charge on any atom is -0.494 e. The van der Waals surface area contributed by atoms with E-state index >= 15 is 0 Å². The molecule has 0 spiro atoms. The third-order valence-corrected chi connectivity index (χ3v) is 5.43. The van der Waals surface area contributed by atoms with Crippen molar-refractivity contribution in [3.63, 3.8) is 0 Å². The number of anilines is 2. The fourth-order valence-electron chi connectivity index (χ4n) is 3.38. The average molecular weight is 455 g/mol. The van der Waals surface area contributed by atoms with E-state index < -0.39 is 0 Å². The first-order chi connectivity index (χ1) is 15.0. The minimum atomic E-state index is -0.212. The van der Waals surface area contributed by atoms with Gasteiger partial charge in [0.2, 0.25) is 5.95 Å². The number of hydrogen-bond acceptors (Lipinski definition) is 5. The molecular weight excluding hydrogens is 435 g/mol. The maximum Gasteiger partial charge on any atom is 0.260 e. The molecule has 158 valence electrons. The molecule has 0 atom stereocenters. The maximum atomic E-state index is 13.2. The van der Waals surface area contributed by atoms with E-state index in [1.54, 1.807) is 35.0 Å². The Morgan fingerprint density at radius 3 is 2.42 bits per heavy atom. The van der Waals surface area contributed by atoms with Crippen LogP contribution >= 0.6 is 23.2 Å².